The number of nitrogens with zero attached hydrogens (tertiary/aromatic N) is 1. The molecule has 30 heavy (non-hydrogen) atoms. The zero-order valence-corrected chi connectivity index (χ0v) is 16.2. The number of hydrogen-bond acceptors (Lipinski definition) is 5. The minimum Gasteiger partial charge on any atom is -0.478 e. The molecule has 0 aliphatic carbocycles. The van der Waals surface area contributed by atoms with E-state index in [1.165, 1.54) is 42.5 Å². The fraction of sp³-hybridized carbons (Fsp3) is 0.0455. The molecule has 1 aliphatic heterocycles. The van der Waals surface area contributed by atoms with Gasteiger partial charge >= 0.3 is 5.97 Å². The first-order valence-corrected chi connectivity index (χ1v) is 9.66. The maximum Gasteiger partial charge on any atom is 0.335 e. The Balaban J connectivity index is 1.51. The molecule has 0 radical (unpaired) electrons. The topological polar surface area (TPSA) is 87.8 Å². The van der Waals surface area contributed by atoms with Gasteiger partial charge in [-0.05, 0) is 53.7 Å². The number of imide groups is 1. The number of carboxylic acids is 1. The van der Waals surface area contributed by atoms with Gasteiger partial charge in [-0.3, -0.25) is 14.5 Å². The Morgan fingerprint density at radius 1 is 1.03 bits per heavy atom. The first-order valence-electron chi connectivity index (χ1n) is 8.84. The van der Waals surface area contributed by atoms with Gasteiger partial charge in [0.25, 0.3) is 11.1 Å². The first kappa shape index (κ1) is 19.7. The average Bonchev–Trinajstić information content (AvgIpc) is 3.30. The van der Waals surface area contributed by atoms with Crippen LogP contribution in [0.3, 0.4) is 0 Å². The number of halogens is 1. The molecule has 1 saturated heterocycles. The SMILES string of the molecule is O=C(O)c1ccc(-c2ccc(/C=C3\SC(=O)N(Cc4ccc(F)cc4)C3=O)o2)cc1. The molecular formula is C22H14FNO5S. The van der Waals surface area contributed by atoms with Crippen molar-refractivity contribution in [1.82, 2.24) is 4.90 Å². The van der Waals surface area contributed by atoms with Crippen LogP contribution in [0.1, 0.15) is 21.7 Å². The highest BCUT2D eigenvalue weighted by Crippen LogP contribution is 2.34. The van der Waals surface area contributed by atoms with Crippen molar-refractivity contribution in [2.45, 2.75) is 6.54 Å². The molecule has 1 aliphatic rings. The van der Waals surface area contributed by atoms with Crippen LogP contribution in [0, 0.1) is 5.82 Å². The monoisotopic (exact) mass is 423 g/mol. The van der Waals surface area contributed by atoms with Crippen LogP contribution in [-0.4, -0.2) is 27.1 Å². The molecule has 4 rings (SSSR count). The minimum absolute atomic E-state index is 0.0572. The number of hydrogen-bond donors (Lipinski definition) is 1. The molecular weight excluding hydrogens is 409 g/mol. The highest BCUT2D eigenvalue weighted by Gasteiger charge is 2.35. The molecule has 1 N–H and O–H groups in total. The molecule has 3 aromatic rings. The maximum atomic E-state index is 13.0. The van der Waals surface area contributed by atoms with E-state index in [1.807, 2.05) is 0 Å². The average molecular weight is 423 g/mol. The summed E-state index contributed by atoms with van der Waals surface area (Å²) in [6.07, 6.45) is 1.49. The lowest BCUT2D eigenvalue weighted by Gasteiger charge is -2.12. The molecule has 0 atom stereocenters. The number of thioether (sulfide) groups is 1. The molecule has 2 amide bonds. The summed E-state index contributed by atoms with van der Waals surface area (Å²) in [5.41, 5.74) is 1.49. The quantitative estimate of drug-likeness (QED) is 0.580. The van der Waals surface area contributed by atoms with Crippen LogP contribution in [0.15, 0.2) is 70.0 Å². The highest BCUT2D eigenvalue weighted by atomic mass is 32.2. The molecule has 150 valence electrons. The van der Waals surface area contributed by atoms with Crippen LogP contribution in [0.25, 0.3) is 17.4 Å². The van der Waals surface area contributed by atoms with E-state index < -0.39 is 17.1 Å². The van der Waals surface area contributed by atoms with Crippen molar-refractivity contribution in [3.63, 3.8) is 0 Å². The largest absolute Gasteiger partial charge is 0.478 e. The zero-order valence-electron chi connectivity index (χ0n) is 15.4. The molecule has 2 aromatic carbocycles. The number of furan rings is 1. The summed E-state index contributed by atoms with van der Waals surface area (Å²) in [6, 6.07) is 15.2. The van der Waals surface area contributed by atoms with Crippen molar-refractivity contribution in [2.24, 2.45) is 0 Å². The van der Waals surface area contributed by atoms with Crippen molar-refractivity contribution in [3.05, 3.63) is 88.3 Å². The van der Waals surface area contributed by atoms with E-state index in [0.29, 0.717) is 22.6 Å². The fourth-order valence-electron chi connectivity index (χ4n) is 2.90. The van der Waals surface area contributed by atoms with Crippen LogP contribution in [0.4, 0.5) is 9.18 Å². The third-order valence-electron chi connectivity index (χ3n) is 4.44. The second kappa shape index (κ2) is 8.00. The summed E-state index contributed by atoms with van der Waals surface area (Å²) in [5.74, 6) is -0.960. The summed E-state index contributed by atoms with van der Waals surface area (Å²) < 4.78 is 18.8. The Bertz CT molecular complexity index is 1160. The number of carbonyl (C=O) groups is 3. The molecule has 0 spiro atoms. The van der Waals surface area contributed by atoms with Crippen molar-refractivity contribution < 1.29 is 28.3 Å². The van der Waals surface area contributed by atoms with E-state index >= 15 is 0 Å². The Labute approximate surface area is 174 Å². The lowest BCUT2D eigenvalue weighted by atomic mass is 10.1. The number of aromatic carboxylic acids is 1. The second-order valence-corrected chi connectivity index (χ2v) is 7.47. The van der Waals surface area contributed by atoms with E-state index in [-0.39, 0.29) is 22.8 Å². The lowest BCUT2D eigenvalue weighted by Crippen LogP contribution is -2.27. The standard InChI is InChI=1S/C22H14FNO5S/c23-16-7-1-13(2-8-16)12-24-20(25)19(30-22(24)28)11-17-9-10-18(29-17)14-3-5-15(6-4-14)21(26)27/h1-11H,12H2,(H,26,27)/b19-11-. The van der Waals surface area contributed by atoms with Crippen molar-refractivity contribution >= 4 is 35.0 Å². The van der Waals surface area contributed by atoms with Crippen LogP contribution >= 0.6 is 11.8 Å². The minimum atomic E-state index is -1.02. The van der Waals surface area contributed by atoms with Gasteiger partial charge in [0.2, 0.25) is 0 Å². The van der Waals surface area contributed by atoms with Crippen LogP contribution in [0.2, 0.25) is 0 Å². The Morgan fingerprint density at radius 2 is 1.73 bits per heavy atom. The summed E-state index contributed by atoms with van der Waals surface area (Å²) in [6.45, 7) is 0.0572. The van der Waals surface area contributed by atoms with Gasteiger partial charge in [-0.1, -0.05) is 24.3 Å². The third kappa shape index (κ3) is 4.04. The lowest BCUT2D eigenvalue weighted by molar-refractivity contribution is -0.123. The number of carbonyl (C=O) groups excluding carboxylic acids is 2. The number of amides is 2. The van der Waals surface area contributed by atoms with Crippen molar-refractivity contribution in [1.29, 1.82) is 0 Å². The molecule has 1 aromatic heterocycles. The van der Waals surface area contributed by atoms with E-state index in [9.17, 15) is 18.8 Å². The summed E-state index contributed by atoms with van der Waals surface area (Å²) >= 11 is 0.808. The molecule has 1 fully saturated rings. The first-order chi connectivity index (χ1) is 14.4. The van der Waals surface area contributed by atoms with Crippen LogP contribution in [-0.2, 0) is 11.3 Å². The molecule has 2 heterocycles. The molecule has 0 unspecified atom stereocenters. The van der Waals surface area contributed by atoms with E-state index in [1.54, 1.807) is 24.3 Å². The Kier molecular flexibility index (Phi) is 5.24. The summed E-state index contributed by atoms with van der Waals surface area (Å²) in [4.78, 5) is 37.1. The molecule has 0 bridgehead atoms. The van der Waals surface area contributed by atoms with Crippen LogP contribution in [0.5, 0.6) is 0 Å². The van der Waals surface area contributed by atoms with Crippen LogP contribution < -0.4 is 0 Å². The second-order valence-electron chi connectivity index (χ2n) is 6.48. The van der Waals surface area contributed by atoms with Gasteiger partial charge in [-0.25, -0.2) is 9.18 Å². The molecule has 0 saturated carbocycles. The summed E-state index contributed by atoms with van der Waals surface area (Å²) in [5, 5.41) is 8.56. The normalized spacial score (nSPS) is 15.2. The van der Waals surface area contributed by atoms with Gasteiger partial charge in [0.15, 0.2) is 0 Å². The smallest absolute Gasteiger partial charge is 0.335 e. The van der Waals surface area contributed by atoms with Gasteiger partial charge in [0.1, 0.15) is 17.3 Å². The van der Waals surface area contributed by atoms with Gasteiger partial charge < -0.3 is 9.52 Å². The fourth-order valence-corrected chi connectivity index (χ4v) is 3.72. The van der Waals surface area contributed by atoms with Gasteiger partial charge in [0, 0.05) is 11.6 Å². The van der Waals surface area contributed by atoms with Crippen molar-refractivity contribution in [2.75, 3.05) is 0 Å². The number of benzene rings is 2. The van der Waals surface area contributed by atoms with Gasteiger partial charge in [-0.2, -0.15) is 0 Å². The number of carboxylic acid groups (broad SMARTS) is 1. The number of rotatable bonds is 5. The van der Waals surface area contributed by atoms with Gasteiger partial charge in [-0.15, -0.1) is 0 Å². The summed E-state index contributed by atoms with van der Waals surface area (Å²) in [7, 11) is 0. The predicted octanol–water partition coefficient (Wildman–Crippen LogP) is 5.02. The van der Waals surface area contributed by atoms with Gasteiger partial charge in [0.05, 0.1) is 17.0 Å². The molecule has 6 nitrogen and oxygen atoms in total. The zero-order chi connectivity index (χ0) is 21.3. The van der Waals surface area contributed by atoms with Crippen molar-refractivity contribution in [3.8, 4) is 11.3 Å². The Morgan fingerprint density at radius 3 is 2.40 bits per heavy atom. The predicted molar refractivity (Wildman–Crippen MR) is 109 cm³/mol. The Hall–Kier alpha value is -3.65. The van der Waals surface area contributed by atoms with E-state index in [0.717, 1.165) is 16.7 Å². The highest BCUT2D eigenvalue weighted by molar-refractivity contribution is 8.18. The molecule has 8 heteroatoms. The maximum absolute atomic E-state index is 13.0. The van der Waals surface area contributed by atoms with E-state index in [2.05, 4.69) is 0 Å². The van der Waals surface area contributed by atoms with E-state index in [4.69, 9.17) is 9.52 Å². The third-order valence-corrected chi connectivity index (χ3v) is 5.35.